The van der Waals surface area contributed by atoms with Gasteiger partial charge in [-0.05, 0) is 24.1 Å². The van der Waals surface area contributed by atoms with E-state index in [1.54, 1.807) is 0 Å². The summed E-state index contributed by atoms with van der Waals surface area (Å²) in [4.78, 5) is 0. The molecular formula is C16H21N. The van der Waals surface area contributed by atoms with Crippen LogP contribution in [0.15, 0.2) is 60.7 Å². The van der Waals surface area contributed by atoms with Crippen LogP contribution in [0.1, 0.15) is 19.8 Å². The number of hydrogen-bond acceptors (Lipinski definition) is 1. The van der Waals surface area contributed by atoms with Crippen molar-refractivity contribution < 1.29 is 0 Å². The summed E-state index contributed by atoms with van der Waals surface area (Å²) in [7, 11) is 0. The molecule has 0 saturated carbocycles. The number of unbranched alkanes of at least 4 members (excludes halogenated alkanes) is 1. The highest BCUT2D eigenvalue weighted by atomic mass is 14.5. The average Bonchev–Trinajstić information content (AvgIpc) is 2.42. The maximum Gasteiger partial charge on any atom is -0.00774 e. The second kappa shape index (κ2) is 8.54. The molecule has 0 amide bonds. The van der Waals surface area contributed by atoms with Crippen LogP contribution < -0.4 is 5.73 Å². The monoisotopic (exact) mass is 227 g/mol. The molecule has 90 valence electrons. The Morgan fingerprint density at radius 2 is 1.18 bits per heavy atom. The molecule has 0 aliphatic rings. The van der Waals surface area contributed by atoms with Crippen molar-refractivity contribution in [1.82, 2.24) is 0 Å². The van der Waals surface area contributed by atoms with Crippen molar-refractivity contribution in [2.24, 2.45) is 5.73 Å². The second-order valence-corrected chi connectivity index (χ2v) is 3.87. The van der Waals surface area contributed by atoms with Gasteiger partial charge in [0.15, 0.2) is 0 Å². The van der Waals surface area contributed by atoms with Crippen molar-refractivity contribution in [1.29, 1.82) is 0 Å². The van der Waals surface area contributed by atoms with Gasteiger partial charge >= 0.3 is 0 Å². The molecule has 0 spiro atoms. The Morgan fingerprint density at radius 1 is 0.765 bits per heavy atom. The van der Waals surface area contributed by atoms with E-state index in [4.69, 9.17) is 5.73 Å². The lowest BCUT2D eigenvalue weighted by molar-refractivity contribution is 0.807. The predicted molar refractivity (Wildman–Crippen MR) is 75.8 cm³/mol. The van der Waals surface area contributed by atoms with Gasteiger partial charge in [-0.1, -0.05) is 74.0 Å². The highest BCUT2D eigenvalue weighted by Crippen LogP contribution is 2.17. The number of hydrogen-bond donors (Lipinski definition) is 1. The van der Waals surface area contributed by atoms with E-state index in [1.165, 1.54) is 24.0 Å². The lowest BCUT2D eigenvalue weighted by Crippen LogP contribution is -1.95. The molecule has 0 fully saturated rings. The highest BCUT2D eigenvalue weighted by Gasteiger charge is 1.91. The molecule has 0 saturated heterocycles. The van der Waals surface area contributed by atoms with E-state index in [2.05, 4.69) is 55.5 Å². The molecule has 1 nitrogen and oxygen atoms in total. The fourth-order valence-corrected chi connectivity index (χ4v) is 1.47. The molecule has 0 atom stereocenters. The SMILES string of the molecule is CCCCN.c1ccc(-c2ccccc2)cc1. The Labute approximate surface area is 104 Å². The minimum Gasteiger partial charge on any atom is -0.330 e. The van der Waals surface area contributed by atoms with Gasteiger partial charge in [0.05, 0.1) is 0 Å². The fourth-order valence-electron chi connectivity index (χ4n) is 1.47. The average molecular weight is 227 g/mol. The molecule has 0 unspecified atom stereocenters. The van der Waals surface area contributed by atoms with E-state index in [1.807, 2.05) is 12.1 Å². The first-order chi connectivity index (χ1) is 8.38. The van der Waals surface area contributed by atoms with Crippen LogP contribution in [0.2, 0.25) is 0 Å². The van der Waals surface area contributed by atoms with Gasteiger partial charge in [-0.2, -0.15) is 0 Å². The standard InChI is InChI=1S/C12H10.C4H11N/c1-3-7-11(8-4-1)12-9-5-2-6-10-12;1-2-3-4-5/h1-10H;2-5H2,1H3. The summed E-state index contributed by atoms with van der Waals surface area (Å²) in [5.74, 6) is 0. The first-order valence-electron chi connectivity index (χ1n) is 6.19. The van der Waals surface area contributed by atoms with Crippen molar-refractivity contribution in [3.8, 4) is 11.1 Å². The largest absolute Gasteiger partial charge is 0.330 e. The van der Waals surface area contributed by atoms with Crippen molar-refractivity contribution >= 4 is 0 Å². The van der Waals surface area contributed by atoms with Crippen LogP contribution in [-0.4, -0.2) is 6.54 Å². The van der Waals surface area contributed by atoms with Gasteiger partial charge in [-0.3, -0.25) is 0 Å². The Balaban J connectivity index is 0.000000249. The van der Waals surface area contributed by atoms with Crippen LogP contribution in [0.3, 0.4) is 0 Å². The molecule has 17 heavy (non-hydrogen) atoms. The van der Waals surface area contributed by atoms with Gasteiger partial charge in [-0.15, -0.1) is 0 Å². The zero-order valence-electron chi connectivity index (χ0n) is 10.5. The van der Waals surface area contributed by atoms with Crippen LogP contribution in [0, 0.1) is 0 Å². The van der Waals surface area contributed by atoms with Crippen LogP contribution in [0.5, 0.6) is 0 Å². The summed E-state index contributed by atoms with van der Waals surface area (Å²) in [6, 6.07) is 20.8. The van der Waals surface area contributed by atoms with Gasteiger partial charge in [0.1, 0.15) is 0 Å². The van der Waals surface area contributed by atoms with Gasteiger partial charge in [-0.25, -0.2) is 0 Å². The molecule has 1 heteroatoms. The quantitative estimate of drug-likeness (QED) is 0.839. The zero-order valence-corrected chi connectivity index (χ0v) is 10.5. The molecule has 0 radical (unpaired) electrons. The van der Waals surface area contributed by atoms with Crippen LogP contribution in [0.4, 0.5) is 0 Å². The molecule has 2 N–H and O–H groups in total. The Kier molecular flexibility index (Phi) is 6.76. The highest BCUT2D eigenvalue weighted by molar-refractivity contribution is 5.62. The number of rotatable bonds is 3. The first kappa shape index (κ1) is 13.5. The third kappa shape index (κ3) is 5.32. The van der Waals surface area contributed by atoms with Crippen molar-refractivity contribution in [2.45, 2.75) is 19.8 Å². The fraction of sp³-hybridized carbons (Fsp3) is 0.250. The van der Waals surface area contributed by atoms with Crippen LogP contribution in [0.25, 0.3) is 11.1 Å². The summed E-state index contributed by atoms with van der Waals surface area (Å²) in [6.07, 6.45) is 2.39. The molecule has 0 heterocycles. The lowest BCUT2D eigenvalue weighted by atomic mass is 10.1. The smallest absolute Gasteiger partial charge is 0.00774 e. The third-order valence-corrected chi connectivity index (χ3v) is 2.44. The minimum absolute atomic E-state index is 0.844. The predicted octanol–water partition coefficient (Wildman–Crippen LogP) is 4.10. The summed E-state index contributed by atoms with van der Waals surface area (Å²) in [5, 5.41) is 0. The molecular weight excluding hydrogens is 206 g/mol. The van der Waals surface area contributed by atoms with Crippen molar-refractivity contribution in [3.05, 3.63) is 60.7 Å². The molecule has 0 aliphatic heterocycles. The van der Waals surface area contributed by atoms with Gasteiger partial charge in [0, 0.05) is 0 Å². The Morgan fingerprint density at radius 3 is 1.41 bits per heavy atom. The summed E-state index contributed by atoms with van der Waals surface area (Å²) in [6.45, 7) is 2.98. The van der Waals surface area contributed by atoms with Gasteiger partial charge < -0.3 is 5.73 Å². The minimum atomic E-state index is 0.844. The summed E-state index contributed by atoms with van der Waals surface area (Å²) in [5.41, 5.74) is 7.69. The second-order valence-electron chi connectivity index (χ2n) is 3.87. The topological polar surface area (TPSA) is 26.0 Å². The number of benzene rings is 2. The maximum atomic E-state index is 5.14. The molecule has 0 aliphatic carbocycles. The Hall–Kier alpha value is -1.60. The van der Waals surface area contributed by atoms with Crippen molar-refractivity contribution in [3.63, 3.8) is 0 Å². The molecule has 2 aromatic rings. The van der Waals surface area contributed by atoms with Crippen LogP contribution in [-0.2, 0) is 0 Å². The van der Waals surface area contributed by atoms with Gasteiger partial charge in [0.25, 0.3) is 0 Å². The Bertz CT molecular complexity index is 341. The van der Waals surface area contributed by atoms with E-state index in [-0.39, 0.29) is 0 Å². The van der Waals surface area contributed by atoms with Crippen LogP contribution >= 0.6 is 0 Å². The maximum absolute atomic E-state index is 5.14. The first-order valence-corrected chi connectivity index (χ1v) is 6.19. The molecule has 2 aromatic carbocycles. The van der Waals surface area contributed by atoms with Gasteiger partial charge in [0.2, 0.25) is 0 Å². The summed E-state index contributed by atoms with van der Waals surface area (Å²) < 4.78 is 0. The zero-order chi connectivity index (χ0) is 12.3. The van der Waals surface area contributed by atoms with Crippen molar-refractivity contribution in [2.75, 3.05) is 6.54 Å². The van der Waals surface area contributed by atoms with E-state index in [9.17, 15) is 0 Å². The third-order valence-electron chi connectivity index (χ3n) is 2.44. The molecule has 0 bridgehead atoms. The lowest BCUT2D eigenvalue weighted by Gasteiger charge is -1.98. The van der Waals surface area contributed by atoms with E-state index < -0.39 is 0 Å². The molecule has 0 aromatic heterocycles. The normalized spacial score (nSPS) is 9.29. The van der Waals surface area contributed by atoms with E-state index >= 15 is 0 Å². The van der Waals surface area contributed by atoms with E-state index in [0.717, 1.165) is 6.54 Å². The summed E-state index contributed by atoms with van der Waals surface area (Å²) >= 11 is 0. The van der Waals surface area contributed by atoms with E-state index in [0.29, 0.717) is 0 Å². The number of nitrogens with two attached hydrogens (primary N) is 1. The molecule has 2 rings (SSSR count).